The number of hydrogen-bond donors (Lipinski definition) is 1. The number of fused-ring (bicyclic) bond motifs is 2. The van der Waals surface area contributed by atoms with Crippen molar-refractivity contribution in [1.82, 2.24) is 9.97 Å². The minimum absolute atomic E-state index is 0. The molecule has 0 bridgehead atoms. The number of oxazole rings is 2. The maximum Gasteiger partial charge on any atom is 0.416 e. The van der Waals surface area contributed by atoms with Crippen molar-refractivity contribution in [3.05, 3.63) is 42.2 Å². The molecule has 3 aromatic heterocycles. The van der Waals surface area contributed by atoms with E-state index in [1.54, 1.807) is 18.5 Å². The first-order valence-corrected chi connectivity index (χ1v) is 6.89. The third kappa shape index (κ3) is 3.38. The van der Waals surface area contributed by atoms with Crippen LogP contribution in [0, 0.1) is 0 Å². The molecule has 0 radical (unpaired) electrons. The lowest BCUT2D eigenvalue weighted by atomic mass is 10.2. The molecule has 0 aliphatic carbocycles. The van der Waals surface area contributed by atoms with Gasteiger partial charge in [0, 0.05) is 6.07 Å². The maximum absolute atomic E-state index is 12.7. The zero-order valence-electron chi connectivity index (χ0n) is 12.6. The third-order valence-electron chi connectivity index (χ3n) is 3.40. The van der Waals surface area contributed by atoms with Crippen LogP contribution < -0.4 is 33.9 Å². The molecular weight excluding hydrogens is 452 g/mol. The average Bonchev–Trinajstić information content (AvgIpc) is 3.07. The van der Waals surface area contributed by atoms with Crippen molar-refractivity contribution in [2.75, 3.05) is 5.32 Å². The monoisotopic (exact) mass is 462 g/mol. The molecule has 0 aliphatic heterocycles. The van der Waals surface area contributed by atoms with Crippen LogP contribution in [-0.4, -0.2) is 9.97 Å². The van der Waals surface area contributed by atoms with Crippen LogP contribution in [0.1, 0.15) is 5.56 Å². The number of halogens is 4. The van der Waals surface area contributed by atoms with Crippen molar-refractivity contribution in [2.45, 2.75) is 6.18 Å². The number of pyridine rings is 1. The Morgan fingerprint density at radius 2 is 1.64 bits per heavy atom. The summed E-state index contributed by atoms with van der Waals surface area (Å²) in [4.78, 5) is 8.20. The van der Waals surface area contributed by atoms with Crippen molar-refractivity contribution in [3.8, 4) is 0 Å². The van der Waals surface area contributed by atoms with E-state index in [-0.39, 0.29) is 47.1 Å². The van der Waals surface area contributed by atoms with Gasteiger partial charge in [-0.05, 0) is 18.2 Å². The van der Waals surface area contributed by atoms with Gasteiger partial charge in [0.15, 0.2) is 29.1 Å². The summed E-state index contributed by atoms with van der Waals surface area (Å²) >= 11 is 0. The summed E-state index contributed by atoms with van der Waals surface area (Å²) in [5.41, 5.74) is 0.719. The molecular formula is C15H10F3IN4O2. The summed E-state index contributed by atoms with van der Waals surface area (Å²) in [5, 5.41) is 2.71. The van der Waals surface area contributed by atoms with E-state index in [2.05, 4.69) is 15.3 Å². The van der Waals surface area contributed by atoms with Crippen molar-refractivity contribution in [2.24, 2.45) is 7.05 Å². The number of anilines is 2. The van der Waals surface area contributed by atoms with Crippen molar-refractivity contribution >= 4 is 34.2 Å². The molecule has 0 aliphatic rings. The molecule has 0 saturated heterocycles. The Bertz CT molecular complexity index is 1060. The Morgan fingerprint density at radius 3 is 2.32 bits per heavy atom. The van der Waals surface area contributed by atoms with E-state index >= 15 is 0 Å². The second-order valence-corrected chi connectivity index (χ2v) is 5.20. The smallest absolute Gasteiger partial charge is 0.416 e. The van der Waals surface area contributed by atoms with Crippen molar-refractivity contribution < 1.29 is 50.5 Å². The van der Waals surface area contributed by atoms with Crippen LogP contribution in [-0.2, 0) is 13.2 Å². The number of aromatic nitrogens is 3. The lowest BCUT2D eigenvalue weighted by Gasteiger charge is -2.04. The van der Waals surface area contributed by atoms with E-state index in [0.29, 0.717) is 11.1 Å². The largest absolute Gasteiger partial charge is 1.00 e. The van der Waals surface area contributed by atoms with Gasteiger partial charge in [0.05, 0.1) is 5.56 Å². The lowest BCUT2D eigenvalue weighted by Crippen LogP contribution is -3.00. The number of alkyl halides is 3. The van der Waals surface area contributed by atoms with E-state index in [4.69, 9.17) is 8.83 Å². The molecule has 0 fully saturated rings. The zero-order chi connectivity index (χ0) is 16.9. The minimum Gasteiger partial charge on any atom is -1.00 e. The Kier molecular flexibility index (Phi) is 4.31. The Balaban J connectivity index is 0.00000182. The van der Waals surface area contributed by atoms with Gasteiger partial charge in [0.1, 0.15) is 12.6 Å². The zero-order valence-corrected chi connectivity index (χ0v) is 14.8. The third-order valence-corrected chi connectivity index (χ3v) is 3.40. The number of nitrogens with one attached hydrogen (secondary N) is 1. The quantitative estimate of drug-likeness (QED) is 0.349. The second kappa shape index (κ2) is 6.17. The van der Waals surface area contributed by atoms with Gasteiger partial charge in [-0.15, -0.1) is 0 Å². The summed E-state index contributed by atoms with van der Waals surface area (Å²) in [5.74, 6) is 0. The van der Waals surface area contributed by atoms with Crippen LogP contribution in [0.25, 0.3) is 22.2 Å². The molecule has 1 aromatic carbocycles. The predicted molar refractivity (Wildman–Crippen MR) is 77.5 cm³/mol. The first-order chi connectivity index (χ1) is 11.4. The molecule has 0 atom stereocenters. The van der Waals surface area contributed by atoms with E-state index < -0.39 is 11.7 Å². The molecule has 0 amide bonds. The van der Waals surface area contributed by atoms with Gasteiger partial charge in [-0.3, -0.25) is 5.32 Å². The second-order valence-electron chi connectivity index (χ2n) is 5.20. The molecule has 4 aromatic rings. The predicted octanol–water partition coefficient (Wildman–Crippen LogP) is 0.560. The topological polar surface area (TPSA) is 68.0 Å². The Hall–Kier alpha value is -2.37. The molecule has 4 rings (SSSR count). The van der Waals surface area contributed by atoms with Crippen molar-refractivity contribution in [3.63, 3.8) is 0 Å². The number of hydrogen-bond acceptors (Lipinski definition) is 5. The molecule has 130 valence electrons. The summed E-state index contributed by atoms with van der Waals surface area (Å²) in [6, 6.07) is 4.98. The number of nitrogens with zero attached hydrogens (tertiary/aromatic N) is 3. The van der Waals surface area contributed by atoms with Crippen LogP contribution in [0.4, 0.5) is 25.2 Å². The highest BCUT2D eigenvalue weighted by molar-refractivity contribution is 5.77. The standard InChI is InChI=1S/C15H10F3N4O2.HI/c1-22-5-4-12-10(7-22)20-14(24-12)21-13-19-9-6-8(15(16,17)18)2-3-11(9)23-13;/h2-7H,1H3,(H,19,20,21);1H/q+1;/p-1. The first-order valence-electron chi connectivity index (χ1n) is 6.89. The van der Waals surface area contributed by atoms with Crippen LogP contribution in [0.15, 0.2) is 45.5 Å². The van der Waals surface area contributed by atoms with Crippen LogP contribution in [0.3, 0.4) is 0 Å². The SMILES string of the molecule is C[n+]1ccc2oc(Nc3nc4cc(C(F)(F)F)ccc4o3)nc2c1.[I-]. The molecule has 10 heteroatoms. The average molecular weight is 462 g/mol. The molecule has 0 saturated carbocycles. The highest BCUT2D eigenvalue weighted by atomic mass is 127. The number of aryl methyl sites for hydroxylation is 1. The Morgan fingerprint density at radius 1 is 1.00 bits per heavy atom. The van der Waals surface area contributed by atoms with Gasteiger partial charge in [0.2, 0.25) is 0 Å². The van der Waals surface area contributed by atoms with Gasteiger partial charge >= 0.3 is 18.2 Å². The van der Waals surface area contributed by atoms with Gasteiger partial charge < -0.3 is 32.8 Å². The van der Waals surface area contributed by atoms with Gasteiger partial charge in [-0.1, -0.05) is 0 Å². The fourth-order valence-electron chi connectivity index (χ4n) is 2.28. The van der Waals surface area contributed by atoms with E-state index in [1.807, 2.05) is 11.6 Å². The fraction of sp³-hybridized carbons (Fsp3) is 0.133. The lowest BCUT2D eigenvalue weighted by molar-refractivity contribution is -0.670. The Labute approximate surface area is 155 Å². The highest BCUT2D eigenvalue weighted by Crippen LogP contribution is 2.32. The first kappa shape index (κ1) is 17.5. The molecule has 0 spiro atoms. The summed E-state index contributed by atoms with van der Waals surface area (Å²) < 4.78 is 50.8. The summed E-state index contributed by atoms with van der Waals surface area (Å²) in [6.07, 6.45) is -0.863. The highest BCUT2D eigenvalue weighted by Gasteiger charge is 2.31. The van der Waals surface area contributed by atoms with Crippen LogP contribution in [0.5, 0.6) is 0 Å². The van der Waals surface area contributed by atoms with E-state index in [1.165, 1.54) is 6.07 Å². The summed E-state index contributed by atoms with van der Waals surface area (Å²) in [6.45, 7) is 0. The molecule has 0 unspecified atom stereocenters. The summed E-state index contributed by atoms with van der Waals surface area (Å²) in [7, 11) is 1.85. The normalized spacial score (nSPS) is 11.7. The van der Waals surface area contributed by atoms with Gasteiger partial charge in [-0.25, -0.2) is 4.57 Å². The van der Waals surface area contributed by atoms with Gasteiger partial charge in [0.25, 0.3) is 0 Å². The number of rotatable bonds is 2. The molecule has 1 N–H and O–H groups in total. The van der Waals surface area contributed by atoms with E-state index in [0.717, 1.165) is 12.1 Å². The molecule has 25 heavy (non-hydrogen) atoms. The van der Waals surface area contributed by atoms with Crippen LogP contribution in [0.2, 0.25) is 0 Å². The molecule has 3 heterocycles. The van der Waals surface area contributed by atoms with Crippen LogP contribution >= 0.6 is 0 Å². The van der Waals surface area contributed by atoms with E-state index in [9.17, 15) is 13.2 Å². The maximum atomic E-state index is 12.7. The van der Waals surface area contributed by atoms with Crippen molar-refractivity contribution in [1.29, 1.82) is 0 Å². The fourth-order valence-corrected chi connectivity index (χ4v) is 2.28. The minimum atomic E-state index is -4.43. The number of benzene rings is 1. The molecule has 6 nitrogen and oxygen atoms in total. The van der Waals surface area contributed by atoms with Gasteiger partial charge in [-0.2, -0.15) is 23.1 Å².